The van der Waals surface area contributed by atoms with E-state index in [0.29, 0.717) is 16.3 Å². The first-order valence-corrected chi connectivity index (χ1v) is 13.6. The molecule has 0 saturated heterocycles. The van der Waals surface area contributed by atoms with E-state index in [0.717, 1.165) is 7.88 Å². The van der Waals surface area contributed by atoms with Gasteiger partial charge in [-0.3, -0.25) is 13.9 Å². The summed E-state index contributed by atoms with van der Waals surface area (Å²) in [5.74, 6) is -0.897. The van der Waals surface area contributed by atoms with Gasteiger partial charge < -0.3 is 10.2 Å². The first-order chi connectivity index (χ1) is 16.6. The Morgan fingerprint density at radius 1 is 1.00 bits per heavy atom. The molecule has 0 saturated carbocycles. The number of halogens is 2. The first-order valence-electron chi connectivity index (χ1n) is 10.7. The highest BCUT2D eigenvalue weighted by atomic mass is 127. The van der Waals surface area contributed by atoms with E-state index >= 15 is 0 Å². The number of nitrogens with zero attached hydrogens (tertiary/aromatic N) is 2. The van der Waals surface area contributed by atoms with Crippen LogP contribution in [0.2, 0.25) is 5.02 Å². The molecule has 35 heavy (non-hydrogen) atoms. The number of likely N-dealkylation sites (N-methyl/N-ethyl adjacent to an activating group) is 1. The Bertz CT molecular complexity index is 1290. The van der Waals surface area contributed by atoms with E-state index in [-0.39, 0.29) is 17.3 Å². The summed E-state index contributed by atoms with van der Waals surface area (Å²) in [4.78, 5) is 27.5. The minimum Gasteiger partial charge on any atom is -0.357 e. The predicted molar refractivity (Wildman–Crippen MR) is 146 cm³/mol. The van der Waals surface area contributed by atoms with Crippen molar-refractivity contribution in [2.45, 2.75) is 24.4 Å². The van der Waals surface area contributed by atoms with Crippen molar-refractivity contribution in [1.82, 2.24) is 10.2 Å². The van der Waals surface area contributed by atoms with Crippen LogP contribution in [-0.4, -0.2) is 44.8 Å². The fourth-order valence-electron chi connectivity index (χ4n) is 3.48. The van der Waals surface area contributed by atoms with E-state index in [1.807, 2.05) is 0 Å². The average molecular weight is 626 g/mol. The minimum absolute atomic E-state index is 0.0621. The van der Waals surface area contributed by atoms with Gasteiger partial charge in [0.25, 0.3) is 10.0 Å². The quantitative estimate of drug-likeness (QED) is 0.360. The molecule has 184 valence electrons. The molecule has 0 aromatic heterocycles. The minimum atomic E-state index is -4.06. The van der Waals surface area contributed by atoms with Crippen molar-refractivity contribution in [2.24, 2.45) is 0 Å². The maximum atomic E-state index is 13.6. The van der Waals surface area contributed by atoms with Crippen molar-refractivity contribution in [2.75, 3.05) is 17.9 Å². The van der Waals surface area contributed by atoms with Crippen LogP contribution in [0.1, 0.15) is 12.5 Å². The molecule has 3 rings (SSSR count). The van der Waals surface area contributed by atoms with Crippen molar-refractivity contribution in [3.05, 3.63) is 93.0 Å². The van der Waals surface area contributed by atoms with Gasteiger partial charge in [-0.1, -0.05) is 41.9 Å². The predicted octanol–water partition coefficient (Wildman–Crippen LogP) is 4.30. The van der Waals surface area contributed by atoms with Crippen LogP contribution < -0.4 is 9.62 Å². The van der Waals surface area contributed by atoms with Crippen LogP contribution in [0.15, 0.2) is 83.8 Å². The highest BCUT2D eigenvalue weighted by Crippen LogP contribution is 2.25. The lowest BCUT2D eigenvalue weighted by molar-refractivity contribution is -0.139. The van der Waals surface area contributed by atoms with Crippen LogP contribution in [-0.2, 0) is 26.2 Å². The molecule has 7 nitrogen and oxygen atoms in total. The lowest BCUT2D eigenvalue weighted by Crippen LogP contribution is -2.50. The Balaban J connectivity index is 2.01. The molecule has 0 unspecified atom stereocenters. The Morgan fingerprint density at radius 2 is 1.66 bits per heavy atom. The summed E-state index contributed by atoms with van der Waals surface area (Å²) in [7, 11) is -2.58. The lowest BCUT2D eigenvalue weighted by Gasteiger charge is -2.31. The maximum absolute atomic E-state index is 13.6. The Hall–Kier alpha value is -2.63. The van der Waals surface area contributed by atoms with E-state index in [2.05, 4.69) is 27.9 Å². The summed E-state index contributed by atoms with van der Waals surface area (Å²) in [5, 5.41) is 3.05. The normalized spacial score (nSPS) is 12.0. The molecule has 0 aliphatic heterocycles. The van der Waals surface area contributed by atoms with E-state index < -0.39 is 28.5 Å². The second-order valence-electron chi connectivity index (χ2n) is 7.74. The van der Waals surface area contributed by atoms with Crippen molar-refractivity contribution >= 4 is 61.7 Å². The number of carbonyl (C=O) groups is 2. The molecule has 0 radical (unpaired) electrons. The van der Waals surface area contributed by atoms with Crippen LogP contribution >= 0.6 is 34.2 Å². The van der Waals surface area contributed by atoms with Gasteiger partial charge in [-0.25, -0.2) is 8.42 Å². The molecular weight excluding hydrogens is 601 g/mol. The summed E-state index contributed by atoms with van der Waals surface area (Å²) >= 11 is 8.24. The van der Waals surface area contributed by atoms with Gasteiger partial charge in [0.2, 0.25) is 11.8 Å². The van der Waals surface area contributed by atoms with E-state index in [9.17, 15) is 18.0 Å². The summed E-state index contributed by atoms with van der Waals surface area (Å²) < 4.78 is 29.2. The standard InChI is InChI=1S/C25H25ClIN3O4S/c1-18(25(32)28-2)29(16-19-7-6-8-20(26)15-19)24(31)17-30(22-13-11-21(27)12-14-22)35(33,34)23-9-4-3-5-10-23/h3-15,18H,16-17H2,1-2H3,(H,28,32)/t18-/m1/s1. The zero-order chi connectivity index (χ0) is 25.6. The zero-order valence-corrected chi connectivity index (χ0v) is 22.9. The van der Waals surface area contributed by atoms with Gasteiger partial charge in [-0.15, -0.1) is 0 Å². The molecule has 0 spiro atoms. The second kappa shape index (κ2) is 11.9. The molecule has 2 amide bonds. The number of hydrogen-bond donors (Lipinski definition) is 1. The van der Waals surface area contributed by atoms with Crippen molar-refractivity contribution in [1.29, 1.82) is 0 Å². The molecule has 0 aliphatic rings. The fraction of sp³-hybridized carbons (Fsp3) is 0.200. The molecule has 0 heterocycles. The summed E-state index contributed by atoms with van der Waals surface area (Å²) in [5.41, 5.74) is 1.06. The Kier molecular flexibility index (Phi) is 9.15. The monoisotopic (exact) mass is 625 g/mol. The summed E-state index contributed by atoms with van der Waals surface area (Å²) in [6.07, 6.45) is 0. The van der Waals surface area contributed by atoms with E-state index in [1.165, 1.54) is 24.1 Å². The average Bonchev–Trinajstić information content (AvgIpc) is 2.86. The topological polar surface area (TPSA) is 86.8 Å². The smallest absolute Gasteiger partial charge is 0.264 e. The molecule has 1 N–H and O–H groups in total. The molecule has 1 atom stereocenters. The number of carbonyl (C=O) groups excluding carboxylic acids is 2. The highest BCUT2D eigenvalue weighted by molar-refractivity contribution is 14.1. The highest BCUT2D eigenvalue weighted by Gasteiger charge is 2.32. The van der Waals surface area contributed by atoms with Crippen molar-refractivity contribution in [3.63, 3.8) is 0 Å². The SMILES string of the molecule is CNC(=O)[C@@H](C)N(Cc1cccc(Cl)c1)C(=O)CN(c1ccc(I)cc1)S(=O)(=O)c1ccccc1. The van der Waals surface area contributed by atoms with Gasteiger partial charge >= 0.3 is 0 Å². The van der Waals surface area contributed by atoms with Gasteiger partial charge in [-0.05, 0) is 83.6 Å². The van der Waals surface area contributed by atoms with Gasteiger partial charge in [0.1, 0.15) is 12.6 Å². The first kappa shape index (κ1) is 27.0. The molecule has 0 fully saturated rings. The van der Waals surface area contributed by atoms with Crippen LogP contribution in [0.4, 0.5) is 5.69 Å². The zero-order valence-electron chi connectivity index (χ0n) is 19.2. The number of rotatable bonds is 9. The Morgan fingerprint density at radius 3 is 2.26 bits per heavy atom. The molecule has 3 aromatic carbocycles. The number of nitrogens with one attached hydrogen (secondary N) is 1. The van der Waals surface area contributed by atoms with E-state index in [1.54, 1.807) is 73.7 Å². The number of sulfonamides is 1. The van der Waals surface area contributed by atoms with Gasteiger partial charge in [0, 0.05) is 22.2 Å². The van der Waals surface area contributed by atoms with Crippen LogP contribution in [0, 0.1) is 3.57 Å². The van der Waals surface area contributed by atoms with E-state index in [4.69, 9.17) is 11.6 Å². The molecule has 3 aromatic rings. The summed E-state index contributed by atoms with van der Waals surface area (Å²) in [6.45, 7) is 1.20. The van der Waals surface area contributed by atoms with Gasteiger partial charge in [0.05, 0.1) is 10.6 Å². The number of benzene rings is 3. The third-order valence-corrected chi connectivity index (χ3v) is 8.12. The largest absolute Gasteiger partial charge is 0.357 e. The molecule has 0 aliphatic carbocycles. The van der Waals surface area contributed by atoms with Crippen LogP contribution in [0.25, 0.3) is 0 Å². The fourth-order valence-corrected chi connectivity index (χ4v) is 5.49. The lowest BCUT2D eigenvalue weighted by atomic mass is 10.1. The number of anilines is 1. The number of hydrogen-bond acceptors (Lipinski definition) is 4. The maximum Gasteiger partial charge on any atom is 0.264 e. The second-order valence-corrected chi connectivity index (χ2v) is 11.3. The van der Waals surface area contributed by atoms with Crippen molar-refractivity contribution in [3.8, 4) is 0 Å². The van der Waals surface area contributed by atoms with Gasteiger partial charge in [-0.2, -0.15) is 0 Å². The van der Waals surface area contributed by atoms with Crippen LogP contribution in [0.3, 0.4) is 0 Å². The third-order valence-electron chi connectivity index (χ3n) is 5.38. The van der Waals surface area contributed by atoms with Gasteiger partial charge in [0.15, 0.2) is 0 Å². The molecular formula is C25H25ClIN3O4S. The number of amides is 2. The van der Waals surface area contributed by atoms with Crippen LogP contribution in [0.5, 0.6) is 0 Å². The molecule has 10 heteroatoms. The summed E-state index contributed by atoms with van der Waals surface area (Å²) in [6, 6.07) is 20.9. The Labute approximate surface area is 224 Å². The third kappa shape index (κ3) is 6.74. The molecule has 0 bridgehead atoms. The van der Waals surface area contributed by atoms with Crippen molar-refractivity contribution < 1.29 is 18.0 Å².